The minimum absolute atomic E-state index is 0.0683. The van der Waals surface area contributed by atoms with Crippen LogP contribution < -0.4 is 10.6 Å². The number of thiocarbonyl (C=S) groups is 1. The van der Waals surface area contributed by atoms with Gasteiger partial charge in [-0.15, -0.1) is 0 Å². The Bertz CT molecular complexity index is 553. The minimum Gasteiger partial charge on any atom is -0.360 e. The average molecular weight is 364 g/mol. The van der Waals surface area contributed by atoms with Gasteiger partial charge in [0.25, 0.3) is 5.69 Å². The molecule has 1 aromatic carbocycles. The van der Waals surface area contributed by atoms with Gasteiger partial charge in [-0.1, -0.05) is 63.9 Å². The van der Waals surface area contributed by atoms with E-state index < -0.39 is 4.92 Å². The highest BCUT2D eigenvalue weighted by Crippen LogP contribution is 2.19. The quantitative estimate of drug-likeness (QED) is 0.418. The van der Waals surface area contributed by atoms with Crippen molar-refractivity contribution in [3.63, 3.8) is 0 Å². The van der Waals surface area contributed by atoms with Crippen molar-refractivity contribution in [1.29, 1.82) is 0 Å². The Morgan fingerprint density at radius 3 is 2.12 bits per heavy atom. The van der Waals surface area contributed by atoms with Crippen LogP contribution in [0.4, 0.5) is 11.4 Å². The number of nitro groups is 1. The van der Waals surface area contributed by atoms with E-state index in [4.69, 9.17) is 12.2 Å². The van der Waals surface area contributed by atoms with E-state index in [1.54, 1.807) is 12.1 Å². The second-order valence-corrected chi connectivity index (χ2v) is 7.27. The molecule has 6 heteroatoms. The first-order valence-electron chi connectivity index (χ1n) is 9.47. The van der Waals surface area contributed by atoms with Gasteiger partial charge in [0.15, 0.2) is 5.11 Å². The first-order chi connectivity index (χ1) is 12.1. The maximum absolute atomic E-state index is 10.9. The summed E-state index contributed by atoms with van der Waals surface area (Å²) in [5.41, 5.74) is 0.721. The number of benzene rings is 1. The molecule has 0 atom stereocenters. The van der Waals surface area contributed by atoms with Gasteiger partial charge < -0.3 is 10.6 Å². The number of nitrogens with one attached hydrogen (secondary N) is 2. The molecule has 0 unspecified atom stereocenters. The van der Waals surface area contributed by atoms with Crippen LogP contribution in [0, 0.1) is 10.1 Å². The Kier molecular flexibility index (Phi) is 8.66. The molecule has 2 N–H and O–H groups in total. The van der Waals surface area contributed by atoms with Crippen molar-refractivity contribution in [2.45, 2.75) is 76.7 Å². The number of non-ortho nitro benzene ring substituents is 1. The molecule has 1 aliphatic carbocycles. The fourth-order valence-corrected chi connectivity index (χ4v) is 3.64. The molecule has 0 spiro atoms. The van der Waals surface area contributed by atoms with E-state index in [0.717, 1.165) is 12.8 Å². The predicted octanol–water partition coefficient (Wildman–Crippen LogP) is 5.55. The van der Waals surface area contributed by atoms with Gasteiger partial charge in [-0.05, 0) is 31.1 Å². The van der Waals surface area contributed by atoms with Crippen LogP contribution in [-0.2, 0) is 0 Å². The summed E-state index contributed by atoms with van der Waals surface area (Å²) < 4.78 is 0. The molecule has 0 aromatic heterocycles. The summed E-state index contributed by atoms with van der Waals surface area (Å²) in [4.78, 5) is 10.5. The Morgan fingerprint density at radius 2 is 1.56 bits per heavy atom. The van der Waals surface area contributed by atoms with E-state index in [2.05, 4.69) is 10.6 Å². The molecule has 5 nitrogen and oxygen atoms in total. The smallest absolute Gasteiger partial charge is 0.271 e. The average Bonchev–Trinajstić information content (AvgIpc) is 2.57. The zero-order valence-electron chi connectivity index (χ0n) is 14.8. The largest absolute Gasteiger partial charge is 0.360 e. The van der Waals surface area contributed by atoms with Crippen molar-refractivity contribution in [3.8, 4) is 0 Å². The molecule has 0 bridgehead atoms. The van der Waals surface area contributed by atoms with E-state index in [-0.39, 0.29) is 5.69 Å². The van der Waals surface area contributed by atoms with Crippen molar-refractivity contribution in [2.24, 2.45) is 0 Å². The Morgan fingerprint density at radius 1 is 1.00 bits per heavy atom. The molecule has 0 heterocycles. The lowest BCUT2D eigenvalue weighted by molar-refractivity contribution is -0.384. The third-order valence-electron chi connectivity index (χ3n) is 4.76. The van der Waals surface area contributed by atoms with Crippen LogP contribution >= 0.6 is 12.2 Å². The van der Waals surface area contributed by atoms with Crippen molar-refractivity contribution in [3.05, 3.63) is 34.4 Å². The van der Waals surface area contributed by atoms with Crippen molar-refractivity contribution in [1.82, 2.24) is 5.32 Å². The predicted molar refractivity (Wildman–Crippen MR) is 107 cm³/mol. The van der Waals surface area contributed by atoms with Crippen molar-refractivity contribution >= 4 is 28.7 Å². The highest BCUT2D eigenvalue weighted by molar-refractivity contribution is 7.80. The summed E-state index contributed by atoms with van der Waals surface area (Å²) in [6.07, 6.45) is 14.1. The monoisotopic (exact) mass is 363 g/mol. The van der Waals surface area contributed by atoms with E-state index in [9.17, 15) is 10.1 Å². The Hall–Kier alpha value is -1.69. The molecule has 0 saturated heterocycles. The lowest BCUT2D eigenvalue weighted by Gasteiger charge is -2.21. The number of nitrogens with zero attached hydrogens (tertiary/aromatic N) is 1. The zero-order chi connectivity index (χ0) is 17.9. The second-order valence-electron chi connectivity index (χ2n) is 6.86. The van der Waals surface area contributed by atoms with Gasteiger partial charge in [-0.25, -0.2) is 0 Å². The van der Waals surface area contributed by atoms with E-state index in [1.165, 1.54) is 69.9 Å². The molecule has 0 radical (unpaired) electrons. The van der Waals surface area contributed by atoms with E-state index in [0.29, 0.717) is 16.8 Å². The molecular weight excluding hydrogens is 334 g/mol. The molecule has 0 amide bonds. The fourth-order valence-electron chi connectivity index (χ4n) is 3.36. The van der Waals surface area contributed by atoms with Crippen LogP contribution in [0.2, 0.25) is 0 Å². The highest BCUT2D eigenvalue weighted by atomic mass is 32.1. The maximum atomic E-state index is 10.9. The van der Waals surface area contributed by atoms with Crippen LogP contribution in [0.15, 0.2) is 24.3 Å². The summed E-state index contributed by atoms with van der Waals surface area (Å²) in [7, 11) is 0. The molecule has 1 fully saturated rings. The molecule has 0 aliphatic heterocycles. The van der Waals surface area contributed by atoms with Gasteiger partial charge in [0, 0.05) is 23.9 Å². The van der Waals surface area contributed by atoms with Crippen LogP contribution in [0.1, 0.15) is 70.6 Å². The molecule has 25 heavy (non-hydrogen) atoms. The minimum atomic E-state index is -0.394. The standard InChI is InChI=1S/C19H29N3O2S/c23-22(24)18-14-10-13-17(15-18)21-19(25)20-16-11-8-6-4-2-1-3-5-7-9-12-16/h10,13-16H,1-9,11-12H2,(H2,20,21,25). The lowest BCUT2D eigenvalue weighted by Crippen LogP contribution is -2.37. The molecule has 1 aromatic rings. The lowest BCUT2D eigenvalue weighted by atomic mass is 9.98. The van der Waals surface area contributed by atoms with Crippen molar-refractivity contribution in [2.75, 3.05) is 5.32 Å². The van der Waals surface area contributed by atoms with Crippen LogP contribution in [0.5, 0.6) is 0 Å². The molecule has 1 saturated carbocycles. The molecule has 138 valence electrons. The maximum Gasteiger partial charge on any atom is 0.271 e. The normalized spacial score (nSPS) is 17.8. The summed E-state index contributed by atoms with van der Waals surface area (Å²) in [6, 6.07) is 6.84. The van der Waals surface area contributed by atoms with Crippen LogP contribution in [0.3, 0.4) is 0 Å². The van der Waals surface area contributed by atoms with Crippen LogP contribution in [-0.4, -0.2) is 16.1 Å². The van der Waals surface area contributed by atoms with E-state index >= 15 is 0 Å². The highest BCUT2D eigenvalue weighted by Gasteiger charge is 2.12. The Labute approximate surface area is 155 Å². The van der Waals surface area contributed by atoms with Gasteiger partial charge in [-0.2, -0.15) is 0 Å². The number of nitro benzene ring substituents is 1. The summed E-state index contributed by atoms with van der Waals surface area (Å²) >= 11 is 5.42. The van der Waals surface area contributed by atoms with Gasteiger partial charge in [0.05, 0.1) is 4.92 Å². The third kappa shape index (κ3) is 7.82. The molecule has 1 aliphatic rings. The third-order valence-corrected chi connectivity index (χ3v) is 4.98. The summed E-state index contributed by atoms with van der Waals surface area (Å²) in [5.74, 6) is 0. The SMILES string of the molecule is O=[N+]([O-])c1cccc(NC(=S)NC2CCCCCCCCCCC2)c1. The van der Waals surface area contributed by atoms with Crippen LogP contribution in [0.25, 0.3) is 0 Å². The topological polar surface area (TPSA) is 67.2 Å². The number of hydrogen-bond donors (Lipinski definition) is 2. The number of anilines is 1. The fraction of sp³-hybridized carbons (Fsp3) is 0.632. The van der Waals surface area contributed by atoms with Gasteiger partial charge >= 0.3 is 0 Å². The van der Waals surface area contributed by atoms with E-state index in [1.807, 2.05) is 0 Å². The van der Waals surface area contributed by atoms with Crippen molar-refractivity contribution < 1.29 is 4.92 Å². The number of rotatable bonds is 3. The first kappa shape index (κ1) is 19.6. The summed E-state index contributed by atoms with van der Waals surface area (Å²) in [5, 5.41) is 17.9. The van der Waals surface area contributed by atoms with Gasteiger partial charge in [0.2, 0.25) is 0 Å². The Balaban J connectivity index is 1.85. The second kappa shape index (κ2) is 11.0. The molecule has 2 rings (SSSR count). The zero-order valence-corrected chi connectivity index (χ0v) is 15.7. The molecular formula is C19H29N3O2S. The first-order valence-corrected chi connectivity index (χ1v) is 9.88. The summed E-state index contributed by atoms with van der Waals surface area (Å²) in [6.45, 7) is 0. The number of hydrogen-bond acceptors (Lipinski definition) is 3. The van der Waals surface area contributed by atoms with Gasteiger partial charge in [-0.3, -0.25) is 10.1 Å². The van der Waals surface area contributed by atoms with Gasteiger partial charge in [0.1, 0.15) is 0 Å².